The molecule has 6 rings (SSSR count). The molecule has 0 amide bonds. The van der Waals surface area contributed by atoms with Crippen molar-refractivity contribution in [2.45, 2.75) is 59.0 Å². The average molecular weight is 461 g/mol. The number of aliphatic hydroxyl groups excluding tert-OH is 1. The lowest BCUT2D eigenvalue weighted by Crippen LogP contribution is -2.18. The highest BCUT2D eigenvalue weighted by molar-refractivity contribution is 7.16. The molecule has 32 heavy (non-hydrogen) atoms. The Labute approximate surface area is 197 Å². The second kappa shape index (κ2) is 6.25. The van der Waals surface area contributed by atoms with E-state index < -0.39 is 0 Å². The number of hydrogen-bond donors (Lipinski definition) is 1. The first-order valence-corrected chi connectivity index (χ1v) is 12.8. The van der Waals surface area contributed by atoms with E-state index in [0.717, 1.165) is 11.3 Å². The first kappa shape index (κ1) is 20.5. The van der Waals surface area contributed by atoms with Gasteiger partial charge in [-0.15, -0.1) is 22.7 Å². The molecule has 2 heterocycles. The Morgan fingerprint density at radius 1 is 0.781 bits per heavy atom. The summed E-state index contributed by atoms with van der Waals surface area (Å²) in [4.78, 5) is 5.32. The quantitative estimate of drug-likeness (QED) is 0.332. The minimum absolute atomic E-state index is 0.0485. The van der Waals surface area contributed by atoms with Crippen molar-refractivity contribution in [3.63, 3.8) is 0 Å². The molecule has 2 nitrogen and oxygen atoms in total. The van der Waals surface area contributed by atoms with Crippen LogP contribution in [0.3, 0.4) is 0 Å². The number of ether oxygens (including phenoxy) is 1. The molecule has 2 aliphatic carbocycles. The maximum absolute atomic E-state index is 10.5. The highest BCUT2D eigenvalue weighted by atomic mass is 32.1. The first-order valence-electron chi connectivity index (χ1n) is 11.2. The molecule has 164 valence electrons. The zero-order chi connectivity index (χ0) is 22.7. The van der Waals surface area contributed by atoms with Gasteiger partial charge < -0.3 is 9.84 Å². The van der Waals surface area contributed by atoms with Crippen molar-refractivity contribution in [2.75, 3.05) is 7.11 Å². The van der Waals surface area contributed by atoms with Crippen molar-refractivity contribution in [1.82, 2.24) is 0 Å². The summed E-state index contributed by atoms with van der Waals surface area (Å²) >= 11 is 3.71. The molecule has 2 aromatic carbocycles. The number of rotatable bonds is 2. The van der Waals surface area contributed by atoms with Crippen molar-refractivity contribution in [2.24, 2.45) is 0 Å². The minimum Gasteiger partial charge on any atom is -0.496 e. The zero-order valence-corrected chi connectivity index (χ0v) is 21.3. The molecule has 0 saturated carbocycles. The molecule has 1 N–H and O–H groups in total. The normalized spacial score (nSPS) is 16.8. The van der Waals surface area contributed by atoms with Crippen molar-refractivity contribution < 1.29 is 9.84 Å². The van der Waals surface area contributed by atoms with Crippen LogP contribution in [-0.4, -0.2) is 12.2 Å². The van der Waals surface area contributed by atoms with Crippen LogP contribution in [0.15, 0.2) is 24.3 Å². The van der Waals surface area contributed by atoms with Crippen LogP contribution in [0.25, 0.3) is 31.7 Å². The van der Waals surface area contributed by atoms with E-state index in [0.29, 0.717) is 0 Å². The van der Waals surface area contributed by atoms with E-state index in [-0.39, 0.29) is 17.4 Å². The van der Waals surface area contributed by atoms with Gasteiger partial charge in [0.25, 0.3) is 0 Å². The van der Waals surface area contributed by atoms with Gasteiger partial charge in [-0.05, 0) is 76.7 Å². The molecule has 2 aromatic heterocycles. The van der Waals surface area contributed by atoms with E-state index in [1.165, 1.54) is 63.7 Å². The molecule has 0 atom stereocenters. The average Bonchev–Trinajstić information content (AvgIpc) is 3.42. The Balaban J connectivity index is 1.82. The molecule has 0 bridgehead atoms. The number of hydrogen-bond acceptors (Lipinski definition) is 4. The molecule has 4 aromatic rings. The fourth-order valence-electron chi connectivity index (χ4n) is 6.24. The third kappa shape index (κ3) is 2.28. The van der Waals surface area contributed by atoms with Crippen molar-refractivity contribution in [1.29, 1.82) is 0 Å². The molecule has 0 spiro atoms. The van der Waals surface area contributed by atoms with Gasteiger partial charge in [-0.3, -0.25) is 0 Å². The fraction of sp³-hybridized carbons (Fsp3) is 0.357. The minimum atomic E-state index is -0.123. The van der Waals surface area contributed by atoms with E-state index in [2.05, 4.69) is 65.8 Å². The van der Waals surface area contributed by atoms with Gasteiger partial charge in [-0.25, -0.2) is 0 Å². The predicted molar refractivity (Wildman–Crippen MR) is 137 cm³/mol. The molecule has 0 saturated heterocycles. The van der Waals surface area contributed by atoms with Crippen LogP contribution >= 0.6 is 22.7 Å². The Bertz CT molecular complexity index is 1350. The van der Waals surface area contributed by atoms with E-state index in [9.17, 15) is 5.11 Å². The number of thiophene rings is 2. The Kier molecular flexibility index (Phi) is 4.00. The molecule has 0 unspecified atom stereocenters. The number of aryl methyl sites for hydroxylation is 2. The molecular formula is C28H28O2S2. The van der Waals surface area contributed by atoms with Gasteiger partial charge in [-0.2, -0.15) is 0 Å². The Morgan fingerprint density at radius 2 is 1.28 bits per heavy atom. The molecule has 0 radical (unpaired) electrons. The van der Waals surface area contributed by atoms with Crippen molar-refractivity contribution >= 4 is 33.4 Å². The SMILES string of the molecule is COc1cc2c3c(c(CO)cc2c2c1-c1sc(C)cc1C2(C)C)-c1sc(C)cc1C3(C)C. The van der Waals surface area contributed by atoms with Gasteiger partial charge in [0.1, 0.15) is 5.75 Å². The second-order valence-electron chi connectivity index (χ2n) is 10.3. The first-order chi connectivity index (χ1) is 15.1. The van der Waals surface area contributed by atoms with Crippen LogP contribution in [0.1, 0.15) is 65.3 Å². The summed E-state index contributed by atoms with van der Waals surface area (Å²) in [5, 5.41) is 13.0. The zero-order valence-electron chi connectivity index (χ0n) is 19.7. The molecular weight excluding hydrogens is 432 g/mol. The molecule has 0 aliphatic heterocycles. The monoisotopic (exact) mass is 460 g/mol. The van der Waals surface area contributed by atoms with Gasteiger partial charge in [0.15, 0.2) is 0 Å². The van der Waals surface area contributed by atoms with Crippen LogP contribution < -0.4 is 4.74 Å². The maximum Gasteiger partial charge on any atom is 0.128 e. The second-order valence-corrected chi connectivity index (χ2v) is 12.8. The predicted octanol–water partition coefficient (Wildman–Crippen LogP) is 7.69. The van der Waals surface area contributed by atoms with Gasteiger partial charge in [0.2, 0.25) is 0 Å². The summed E-state index contributed by atoms with van der Waals surface area (Å²) in [6.45, 7) is 13.7. The fourth-order valence-corrected chi connectivity index (χ4v) is 8.72. The number of aliphatic hydroxyl groups is 1. The Hall–Kier alpha value is -2.14. The van der Waals surface area contributed by atoms with Crippen LogP contribution in [-0.2, 0) is 17.4 Å². The summed E-state index contributed by atoms with van der Waals surface area (Å²) < 4.78 is 6.05. The van der Waals surface area contributed by atoms with Crippen molar-refractivity contribution in [3.05, 3.63) is 61.8 Å². The van der Waals surface area contributed by atoms with Crippen LogP contribution in [0.5, 0.6) is 5.75 Å². The summed E-state index contributed by atoms with van der Waals surface area (Å²) in [7, 11) is 1.79. The third-order valence-electron chi connectivity index (χ3n) is 7.64. The van der Waals surface area contributed by atoms with Gasteiger partial charge in [0, 0.05) is 41.5 Å². The lowest BCUT2D eigenvalue weighted by molar-refractivity contribution is 0.282. The summed E-state index contributed by atoms with van der Waals surface area (Å²) in [5.41, 5.74) is 8.72. The lowest BCUT2D eigenvalue weighted by Gasteiger charge is -2.28. The molecule has 2 aliphatic rings. The Morgan fingerprint density at radius 3 is 1.81 bits per heavy atom. The smallest absolute Gasteiger partial charge is 0.128 e. The highest BCUT2D eigenvalue weighted by Crippen LogP contribution is 2.61. The topological polar surface area (TPSA) is 29.5 Å². The maximum atomic E-state index is 10.5. The van der Waals surface area contributed by atoms with Crippen LogP contribution in [0.4, 0.5) is 0 Å². The lowest BCUT2D eigenvalue weighted by atomic mass is 9.75. The standard InChI is InChI=1S/C28H28O2S2/c1-13-8-18-25(31-13)21-15(12-29)10-16-17(23(21)27(18,3)4)11-20(30-7)22-24(16)28(5,6)19-9-14(2)32-26(19)22/h8-11,29H,12H2,1-7H3. The van der Waals surface area contributed by atoms with Crippen molar-refractivity contribution in [3.8, 4) is 26.6 Å². The summed E-state index contributed by atoms with van der Waals surface area (Å²) in [6.07, 6.45) is 0. The number of fused-ring (bicyclic) bond motifs is 9. The largest absolute Gasteiger partial charge is 0.496 e. The van der Waals surface area contributed by atoms with Crippen LogP contribution in [0.2, 0.25) is 0 Å². The third-order valence-corrected chi connectivity index (χ3v) is 9.78. The van der Waals surface area contributed by atoms with Crippen LogP contribution in [0, 0.1) is 13.8 Å². The number of benzene rings is 2. The molecule has 4 heteroatoms. The van der Waals surface area contributed by atoms with E-state index >= 15 is 0 Å². The van der Waals surface area contributed by atoms with Gasteiger partial charge in [-0.1, -0.05) is 27.7 Å². The highest BCUT2D eigenvalue weighted by Gasteiger charge is 2.44. The van der Waals surface area contributed by atoms with Gasteiger partial charge >= 0.3 is 0 Å². The number of methoxy groups -OCH3 is 1. The summed E-state index contributed by atoms with van der Waals surface area (Å²) in [6, 6.07) is 9.20. The van der Waals surface area contributed by atoms with Gasteiger partial charge in [0.05, 0.1) is 13.7 Å². The van der Waals surface area contributed by atoms with E-state index in [4.69, 9.17) is 4.74 Å². The molecule has 0 fully saturated rings. The van der Waals surface area contributed by atoms with E-state index in [1.807, 2.05) is 22.7 Å². The van der Waals surface area contributed by atoms with E-state index in [1.54, 1.807) is 7.11 Å². The summed E-state index contributed by atoms with van der Waals surface area (Å²) in [5.74, 6) is 0.961.